The van der Waals surface area contributed by atoms with Crippen molar-refractivity contribution in [1.29, 1.82) is 0 Å². The molecule has 1 atom stereocenters. The summed E-state index contributed by atoms with van der Waals surface area (Å²) in [5, 5.41) is 0.0558. The highest BCUT2D eigenvalue weighted by Gasteiger charge is 2.22. The number of allylic oxidation sites excluding steroid dienone is 1. The number of alkyl halides is 1. The maximum absolute atomic E-state index is 11.4. The minimum Gasteiger partial charge on any atom is -0.465 e. The summed E-state index contributed by atoms with van der Waals surface area (Å²) in [4.78, 5) is 11.4. The van der Waals surface area contributed by atoms with E-state index in [2.05, 4.69) is 22.5 Å². The van der Waals surface area contributed by atoms with E-state index >= 15 is 0 Å². The van der Waals surface area contributed by atoms with Crippen LogP contribution in [0.3, 0.4) is 0 Å². The van der Waals surface area contributed by atoms with Crippen LogP contribution in [-0.2, 0) is 9.53 Å². The molecule has 0 heterocycles. The Kier molecular flexibility index (Phi) is 7.32. The fourth-order valence-corrected chi connectivity index (χ4v) is 1.95. The molecule has 0 rings (SSSR count). The molecule has 0 aliphatic carbocycles. The van der Waals surface area contributed by atoms with Gasteiger partial charge in [-0.3, -0.25) is 4.79 Å². The summed E-state index contributed by atoms with van der Waals surface area (Å²) >= 11 is 9.32. The topological polar surface area (TPSA) is 26.3 Å². The first-order valence-corrected chi connectivity index (χ1v) is 6.61. The van der Waals surface area contributed by atoms with E-state index in [1.807, 2.05) is 20.8 Å². The first kappa shape index (κ1) is 16.0. The second-order valence-electron chi connectivity index (χ2n) is 4.85. The zero-order chi connectivity index (χ0) is 12.8. The summed E-state index contributed by atoms with van der Waals surface area (Å²) in [5.74, 6) is -0.163. The Morgan fingerprint density at radius 1 is 1.50 bits per heavy atom. The Bertz CT molecular complexity index is 246. The minimum absolute atomic E-state index is 0.0558. The first-order chi connectivity index (χ1) is 7.23. The van der Waals surface area contributed by atoms with E-state index in [4.69, 9.17) is 16.3 Å². The number of halogens is 2. The first-order valence-electron chi connectivity index (χ1n) is 5.38. The second-order valence-corrected chi connectivity index (χ2v) is 6.59. The quantitative estimate of drug-likeness (QED) is 0.416. The number of hydrogen-bond acceptors (Lipinski definition) is 2. The maximum Gasteiger partial charge on any atom is 0.311 e. The fraction of sp³-hybridized carbons (Fsp3) is 0.750. The van der Waals surface area contributed by atoms with Crippen LogP contribution >= 0.6 is 27.5 Å². The molecular formula is C12H20BrClO2. The van der Waals surface area contributed by atoms with E-state index in [-0.39, 0.29) is 11.3 Å². The molecule has 2 nitrogen and oxygen atoms in total. The predicted molar refractivity (Wildman–Crippen MR) is 72.0 cm³/mol. The fourth-order valence-electron chi connectivity index (χ4n) is 1.03. The van der Waals surface area contributed by atoms with Crippen LogP contribution in [0.25, 0.3) is 0 Å². The van der Waals surface area contributed by atoms with Gasteiger partial charge in [0.25, 0.3) is 0 Å². The largest absolute Gasteiger partial charge is 0.465 e. The highest BCUT2D eigenvalue weighted by molar-refractivity contribution is 9.11. The molecule has 0 N–H and O–H groups in total. The van der Waals surface area contributed by atoms with Gasteiger partial charge in [-0.25, -0.2) is 0 Å². The summed E-state index contributed by atoms with van der Waals surface area (Å²) in [6.07, 6.45) is 2.36. The summed E-state index contributed by atoms with van der Waals surface area (Å²) in [7, 11) is 0. The van der Waals surface area contributed by atoms with Crippen LogP contribution in [-0.4, -0.2) is 18.0 Å². The molecule has 0 aromatic carbocycles. The number of carbonyl (C=O) groups excluding carboxylic acids is 1. The lowest BCUT2D eigenvalue weighted by Crippen LogP contribution is -2.23. The zero-order valence-corrected chi connectivity index (χ0v) is 12.5. The van der Waals surface area contributed by atoms with Crippen molar-refractivity contribution in [2.45, 2.75) is 45.4 Å². The lowest BCUT2D eigenvalue weighted by Gasteiger charge is -2.16. The third kappa shape index (κ3) is 8.17. The van der Waals surface area contributed by atoms with E-state index < -0.39 is 5.41 Å². The van der Waals surface area contributed by atoms with Crippen molar-refractivity contribution in [1.82, 2.24) is 0 Å². The average Bonchev–Trinajstić information content (AvgIpc) is 2.09. The van der Waals surface area contributed by atoms with Crippen molar-refractivity contribution in [2.75, 3.05) is 6.61 Å². The number of rotatable bonds is 6. The molecule has 0 saturated carbocycles. The predicted octanol–water partition coefficient (Wildman–Crippen LogP) is 4.26. The molecule has 0 fully saturated rings. The standard InChI is InChI=1S/C12H20BrClO2/c1-9(13)8-10(14)6-5-7-16-11(15)12(2,3)4/h10H,1,5-8H2,2-4H3/t10-/m1/s1. The van der Waals surface area contributed by atoms with Crippen molar-refractivity contribution in [3.05, 3.63) is 11.1 Å². The molecule has 4 heteroatoms. The Morgan fingerprint density at radius 3 is 2.50 bits per heavy atom. The molecule has 0 amide bonds. The lowest BCUT2D eigenvalue weighted by atomic mass is 9.97. The third-order valence-corrected chi connectivity index (χ3v) is 2.65. The van der Waals surface area contributed by atoms with Crippen molar-refractivity contribution in [3.8, 4) is 0 Å². The van der Waals surface area contributed by atoms with Crippen LogP contribution in [0.4, 0.5) is 0 Å². The molecule has 94 valence electrons. The van der Waals surface area contributed by atoms with Gasteiger partial charge in [-0.05, 0) is 44.5 Å². The number of carbonyl (C=O) groups is 1. The highest BCUT2D eigenvalue weighted by Crippen LogP contribution is 2.19. The summed E-state index contributed by atoms with van der Waals surface area (Å²) in [5.41, 5.74) is -0.426. The molecule has 0 aromatic heterocycles. The van der Waals surface area contributed by atoms with Crippen LogP contribution in [0.2, 0.25) is 0 Å². The van der Waals surface area contributed by atoms with Gasteiger partial charge in [0.2, 0.25) is 0 Å². The van der Waals surface area contributed by atoms with Gasteiger partial charge >= 0.3 is 5.97 Å². The average molecular weight is 312 g/mol. The van der Waals surface area contributed by atoms with Gasteiger partial charge in [0.15, 0.2) is 0 Å². The second kappa shape index (κ2) is 7.33. The van der Waals surface area contributed by atoms with Crippen molar-refractivity contribution < 1.29 is 9.53 Å². The van der Waals surface area contributed by atoms with Gasteiger partial charge in [-0.15, -0.1) is 11.6 Å². The van der Waals surface area contributed by atoms with Gasteiger partial charge in [-0.1, -0.05) is 22.5 Å². The van der Waals surface area contributed by atoms with Crippen LogP contribution in [0.5, 0.6) is 0 Å². The van der Waals surface area contributed by atoms with Crippen LogP contribution in [0.15, 0.2) is 11.1 Å². The van der Waals surface area contributed by atoms with Gasteiger partial charge in [0, 0.05) is 5.38 Å². The van der Waals surface area contributed by atoms with Crippen LogP contribution in [0, 0.1) is 5.41 Å². The molecule has 0 spiro atoms. The molecule has 0 aliphatic rings. The van der Waals surface area contributed by atoms with Crippen LogP contribution < -0.4 is 0 Å². The normalized spacial score (nSPS) is 13.3. The SMILES string of the molecule is C=C(Br)C[C@H](Cl)CCCOC(=O)C(C)(C)C. The molecular weight excluding hydrogens is 291 g/mol. The van der Waals surface area contributed by atoms with E-state index in [0.29, 0.717) is 6.61 Å². The molecule has 0 saturated heterocycles. The molecule has 0 bridgehead atoms. The Hall–Kier alpha value is -0.0200. The Labute approximate surface area is 112 Å². The molecule has 16 heavy (non-hydrogen) atoms. The van der Waals surface area contributed by atoms with Gasteiger partial charge in [-0.2, -0.15) is 0 Å². The van der Waals surface area contributed by atoms with Gasteiger partial charge in [0.05, 0.1) is 12.0 Å². The van der Waals surface area contributed by atoms with E-state index in [0.717, 1.165) is 23.7 Å². The van der Waals surface area contributed by atoms with Crippen LogP contribution in [0.1, 0.15) is 40.0 Å². The smallest absolute Gasteiger partial charge is 0.311 e. The van der Waals surface area contributed by atoms with Crippen molar-refractivity contribution in [3.63, 3.8) is 0 Å². The summed E-state index contributed by atoms with van der Waals surface area (Å²) in [6, 6.07) is 0. The van der Waals surface area contributed by atoms with Gasteiger partial charge in [0.1, 0.15) is 0 Å². The third-order valence-electron chi connectivity index (χ3n) is 1.95. The van der Waals surface area contributed by atoms with Crippen molar-refractivity contribution in [2.24, 2.45) is 5.41 Å². The number of hydrogen-bond donors (Lipinski definition) is 0. The Morgan fingerprint density at radius 2 is 2.06 bits per heavy atom. The maximum atomic E-state index is 11.4. The Balaban J connectivity index is 3.61. The number of esters is 1. The lowest BCUT2D eigenvalue weighted by molar-refractivity contribution is -0.153. The monoisotopic (exact) mass is 310 g/mol. The summed E-state index contributed by atoms with van der Waals surface area (Å²) < 4.78 is 6.03. The van der Waals surface area contributed by atoms with E-state index in [1.165, 1.54) is 0 Å². The summed E-state index contributed by atoms with van der Waals surface area (Å²) in [6.45, 7) is 9.69. The minimum atomic E-state index is -0.426. The number of ether oxygens (including phenoxy) is 1. The van der Waals surface area contributed by atoms with Gasteiger partial charge < -0.3 is 4.74 Å². The molecule has 0 radical (unpaired) electrons. The van der Waals surface area contributed by atoms with Crippen molar-refractivity contribution >= 4 is 33.5 Å². The zero-order valence-electron chi connectivity index (χ0n) is 10.2. The van der Waals surface area contributed by atoms with E-state index in [1.54, 1.807) is 0 Å². The molecule has 0 aromatic rings. The molecule has 0 unspecified atom stereocenters. The highest BCUT2D eigenvalue weighted by atomic mass is 79.9. The van der Waals surface area contributed by atoms with E-state index in [9.17, 15) is 4.79 Å². The molecule has 0 aliphatic heterocycles.